The average Bonchev–Trinajstić information content (AvgIpc) is 2.81. The number of rotatable bonds is 6. The van der Waals surface area contributed by atoms with Crippen LogP contribution in [0.5, 0.6) is 0 Å². The highest BCUT2D eigenvalue weighted by Gasteiger charge is 2.12. The standard InChI is InChI=1S/C15H18Cl2N2S/c1-3-15(13-5-4-11(16)8-14(13)17)18-7-6-12-9-20-10(2)19-12/h4-5,8-9,15,18H,3,6-7H2,1-2H3. The summed E-state index contributed by atoms with van der Waals surface area (Å²) in [6, 6.07) is 5.93. The van der Waals surface area contributed by atoms with Crippen LogP contribution in [0.4, 0.5) is 0 Å². The molecule has 0 aliphatic heterocycles. The van der Waals surface area contributed by atoms with E-state index in [1.54, 1.807) is 17.4 Å². The monoisotopic (exact) mass is 328 g/mol. The molecule has 2 rings (SSSR count). The lowest BCUT2D eigenvalue weighted by molar-refractivity contribution is 0.521. The fraction of sp³-hybridized carbons (Fsp3) is 0.400. The van der Waals surface area contributed by atoms with Crippen molar-refractivity contribution < 1.29 is 0 Å². The summed E-state index contributed by atoms with van der Waals surface area (Å²) < 4.78 is 0. The Kier molecular flexibility index (Phi) is 5.85. The van der Waals surface area contributed by atoms with E-state index in [1.165, 1.54) is 0 Å². The number of aromatic nitrogens is 1. The molecule has 0 bridgehead atoms. The molecule has 1 aromatic carbocycles. The third-order valence-corrected chi connectivity index (χ3v) is 4.57. The topological polar surface area (TPSA) is 24.9 Å². The van der Waals surface area contributed by atoms with E-state index in [2.05, 4.69) is 22.6 Å². The Bertz CT molecular complexity index is 569. The van der Waals surface area contributed by atoms with Crippen molar-refractivity contribution >= 4 is 34.5 Å². The van der Waals surface area contributed by atoms with Crippen LogP contribution >= 0.6 is 34.5 Å². The summed E-state index contributed by atoms with van der Waals surface area (Å²) in [5, 5.41) is 8.17. The van der Waals surface area contributed by atoms with Gasteiger partial charge in [0.05, 0.1) is 10.7 Å². The van der Waals surface area contributed by atoms with E-state index < -0.39 is 0 Å². The Balaban J connectivity index is 1.95. The van der Waals surface area contributed by atoms with Crippen molar-refractivity contribution in [2.45, 2.75) is 32.7 Å². The SMILES string of the molecule is CCC(NCCc1csc(C)n1)c1ccc(Cl)cc1Cl. The van der Waals surface area contributed by atoms with E-state index in [1.807, 2.05) is 19.1 Å². The van der Waals surface area contributed by atoms with Gasteiger partial charge >= 0.3 is 0 Å². The second-order valence-electron chi connectivity index (χ2n) is 4.69. The quantitative estimate of drug-likeness (QED) is 0.803. The Morgan fingerprint density at radius 1 is 1.35 bits per heavy atom. The van der Waals surface area contributed by atoms with Gasteiger partial charge < -0.3 is 5.32 Å². The van der Waals surface area contributed by atoms with E-state index in [9.17, 15) is 0 Å². The first kappa shape index (κ1) is 15.8. The van der Waals surface area contributed by atoms with Crippen LogP contribution in [0.1, 0.15) is 35.7 Å². The van der Waals surface area contributed by atoms with Crippen molar-refractivity contribution in [1.29, 1.82) is 0 Å². The van der Waals surface area contributed by atoms with Crippen molar-refractivity contribution in [2.24, 2.45) is 0 Å². The lowest BCUT2D eigenvalue weighted by Crippen LogP contribution is -2.23. The predicted molar refractivity (Wildman–Crippen MR) is 88.1 cm³/mol. The Morgan fingerprint density at radius 2 is 2.15 bits per heavy atom. The highest BCUT2D eigenvalue weighted by atomic mass is 35.5. The summed E-state index contributed by atoms with van der Waals surface area (Å²) >= 11 is 13.9. The van der Waals surface area contributed by atoms with E-state index in [-0.39, 0.29) is 6.04 Å². The molecule has 2 aromatic rings. The zero-order valence-corrected chi connectivity index (χ0v) is 13.9. The van der Waals surface area contributed by atoms with Crippen molar-refractivity contribution in [1.82, 2.24) is 10.3 Å². The minimum absolute atomic E-state index is 0.250. The fourth-order valence-corrected chi connectivity index (χ4v) is 3.34. The van der Waals surface area contributed by atoms with Crippen LogP contribution in [0.3, 0.4) is 0 Å². The summed E-state index contributed by atoms with van der Waals surface area (Å²) in [4.78, 5) is 4.47. The largest absolute Gasteiger partial charge is 0.310 e. The number of hydrogen-bond donors (Lipinski definition) is 1. The van der Waals surface area contributed by atoms with E-state index >= 15 is 0 Å². The third kappa shape index (κ3) is 4.19. The van der Waals surface area contributed by atoms with Crippen molar-refractivity contribution in [3.8, 4) is 0 Å². The number of thiazole rings is 1. The van der Waals surface area contributed by atoms with Gasteiger partial charge in [0.1, 0.15) is 0 Å². The summed E-state index contributed by atoms with van der Waals surface area (Å²) in [5.41, 5.74) is 2.25. The van der Waals surface area contributed by atoms with E-state index in [0.717, 1.165) is 40.7 Å². The minimum atomic E-state index is 0.250. The first-order valence-corrected chi connectivity index (χ1v) is 8.33. The molecule has 0 aliphatic rings. The second-order valence-corrected chi connectivity index (χ2v) is 6.59. The summed E-state index contributed by atoms with van der Waals surface area (Å²) in [7, 11) is 0. The van der Waals surface area contributed by atoms with Gasteiger partial charge in [-0.1, -0.05) is 36.2 Å². The average molecular weight is 329 g/mol. The molecular weight excluding hydrogens is 311 g/mol. The van der Waals surface area contributed by atoms with E-state index in [0.29, 0.717) is 5.02 Å². The van der Waals surface area contributed by atoms with Crippen LogP contribution in [0.2, 0.25) is 10.0 Å². The molecule has 2 nitrogen and oxygen atoms in total. The number of nitrogens with one attached hydrogen (secondary N) is 1. The van der Waals surface area contributed by atoms with Gasteiger partial charge in [0.2, 0.25) is 0 Å². The normalized spacial score (nSPS) is 12.6. The molecule has 1 aromatic heterocycles. The van der Waals surface area contributed by atoms with Gasteiger partial charge in [0.25, 0.3) is 0 Å². The number of halogens is 2. The molecule has 1 N–H and O–H groups in total. The molecule has 1 unspecified atom stereocenters. The maximum Gasteiger partial charge on any atom is 0.0897 e. The molecule has 1 atom stereocenters. The lowest BCUT2D eigenvalue weighted by atomic mass is 10.0. The van der Waals surface area contributed by atoms with Gasteiger partial charge in [-0.15, -0.1) is 11.3 Å². The number of aryl methyl sites for hydroxylation is 1. The van der Waals surface area contributed by atoms with Gasteiger partial charge in [-0.2, -0.15) is 0 Å². The van der Waals surface area contributed by atoms with Gasteiger partial charge in [0, 0.05) is 34.4 Å². The van der Waals surface area contributed by atoms with Gasteiger partial charge in [-0.05, 0) is 31.0 Å². The third-order valence-electron chi connectivity index (χ3n) is 3.18. The molecule has 0 saturated carbocycles. The summed E-state index contributed by atoms with van der Waals surface area (Å²) in [5.74, 6) is 0. The molecule has 1 heterocycles. The van der Waals surface area contributed by atoms with Gasteiger partial charge in [0.15, 0.2) is 0 Å². The zero-order valence-electron chi connectivity index (χ0n) is 11.6. The molecule has 0 amide bonds. The van der Waals surface area contributed by atoms with Crippen LogP contribution in [0, 0.1) is 6.92 Å². The predicted octanol–water partition coefficient (Wildman–Crippen LogP) is 5.04. The van der Waals surface area contributed by atoms with Crippen LogP contribution in [0.15, 0.2) is 23.6 Å². The minimum Gasteiger partial charge on any atom is -0.310 e. The first-order valence-electron chi connectivity index (χ1n) is 6.69. The maximum atomic E-state index is 6.27. The fourth-order valence-electron chi connectivity index (χ4n) is 2.16. The molecule has 0 aliphatic carbocycles. The number of benzene rings is 1. The highest BCUT2D eigenvalue weighted by Crippen LogP contribution is 2.27. The van der Waals surface area contributed by atoms with Crippen LogP contribution in [-0.4, -0.2) is 11.5 Å². The summed E-state index contributed by atoms with van der Waals surface area (Å²) in [6.45, 7) is 5.07. The van der Waals surface area contributed by atoms with Crippen LogP contribution in [-0.2, 0) is 6.42 Å². The summed E-state index contributed by atoms with van der Waals surface area (Å²) in [6.07, 6.45) is 1.92. The van der Waals surface area contributed by atoms with E-state index in [4.69, 9.17) is 23.2 Å². The van der Waals surface area contributed by atoms with Crippen LogP contribution < -0.4 is 5.32 Å². The van der Waals surface area contributed by atoms with Crippen LogP contribution in [0.25, 0.3) is 0 Å². The van der Waals surface area contributed by atoms with Gasteiger partial charge in [-0.3, -0.25) is 0 Å². The Hall–Kier alpha value is -0.610. The molecule has 20 heavy (non-hydrogen) atoms. The maximum absolute atomic E-state index is 6.27. The van der Waals surface area contributed by atoms with Gasteiger partial charge in [-0.25, -0.2) is 4.98 Å². The first-order chi connectivity index (χ1) is 9.60. The highest BCUT2D eigenvalue weighted by molar-refractivity contribution is 7.09. The molecule has 0 fully saturated rings. The molecule has 0 saturated heterocycles. The van der Waals surface area contributed by atoms with Crippen molar-refractivity contribution in [3.05, 3.63) is 49.9 Å². The smallest absolute Gasteiger partial charge is 0.0897 e. The Labute approximate surface area is 134 Å². The zero-order chi connectivity index (χ0) is 14.5. The van der Waals surface area contributed by atoms with Crippen molar-refractivity contribution in [2.75, 3.05) is 6.54 Å². The molecule has 108 valence electrons. The molecular formula is C15H18Cl2N2S. The molecule has 5 heteroatoms. The molecule has 0 radical (unpaired) electrons. The second kappa shape index (κ2) is 7.41. The number of hydrogen-bond acceptors (Lipinski definition) is 3. The number of nitrogens with zero attached hydrogens (tertiary/aromatic N) is 1. The Morgan fingerprint density at radius 3 is 2.75 bits per heavy atom. The molecule has 0 spiro atoms. The van der Waals surface area contributed by atoms with Crippen molar-refractivity contribution in [3.63, 3.8) is 0 Å². The lowest BCUT2D eigenvalue weighted by Gasteiger charge is -2.18.